The van der Waals surface area contributed by atoms with Crippen LogP contribution >= 0.6 is 27.7 Å². The number of aliphatic hydroxyl groups excluding tert-OH is 1. The van der Waals surface area contributed by atoms with Gasteiger partial charge in [-0.15, -0.1) is 30.0 Å². The van der Waals surface area contributed by atoms with E-state index < -0.39 is 22.6 Å². The number of likely N-dealkylation sites (tertiary alicyclic amines) is 1. The lowest BCUT2D eigenvalue weighted by Gasteiger charge is -2.38. The molecule has 6 rings (SSSR count). The Morgan fingerprint density at radius 2 is 1.89 bits per heavy atom. The molecule has 0 aliphatic carbocycles. The third kappa shape index (κ3) is 5.76. The molecule has 3 aliphatic rings. The number of rotatable bonds is 14. The molecular weight excluding hydrogens is 684 g/mol. The molecule has 6 atom stereocenters. The largest absolute Gasteiger partial charge is 0.494 e. The number of thioether (sulfide) groups is 1. The second-order valence-electron chi connectivity index (χ2n) is 12.0. The number of carbonyl (C=O) groups excluding carboxylic acids is 3. The van der Waals surface area contributed by atoms with Gasteiger partial charge in [0, 0.05) is 42.0 Å². The van der Waals surface area contributed by atoms with Crippen molar-refractivity contribution in [1.82, 2.24) is 24.8 Å². The standard InChI is InChI=1S/C34H39BrN6O5S/c1-4-16-38(21-41-26-11-8-7-10-25(26)36-37-41)33(45)30-34-20-24(35)29(47-34)27(28(34)32(44)40(30)18-9-19-42)31(43)39(17-5-2)22-12-14-23(15-13-22)46-6-3/h4-5,7-8,10-15,24,27-30,42H,1-2,6,9,16-21H2,3H3/t24?,27-,28-,29-,30?,34?/m0/s1. The summed E-state index contributed by atoms with van der Waals surface area (Å²) in [5.41, 5.74) is 2.17. The number of halogens is 1. The predicted molar refractivity (Wildman–Crippen MR) is 185 cm³/mol. The van der Waals surface area contributed by atoms with Crippen molar-refractivity contribution in [1.29, 1.82) is 0 Å². The number of anilines is 1. The fourth-order valence-corrected chi connectivity index (χ4v) is 11.0. The molecule has 1 spiro atoms. The molecule has 3 saturated heterocycles. The number of fused-ring (bicyclic) bond motifs is 2. The highest BCUT2D eigenvalue weighted by atomic mass is 79.9. The number of ether oxygens (including phenoxy) is 1. The van der Waals surface area contributed by atoms with Gasteiger partial charge in [0.2, 0.25) is 17.7 Å². The van der Waals surface area contributed by atoms with Crippen LogP contribution in [0.2, 0.25) is 0 Å². The molecule has 11 nitrogen and oxygen atoms in total. The zero-order valence-electron chi connectivity index (χ0n) is 26.3. The Hall–Kier alpha value is -3.68. The summed E-state index contributed by atoms with van der Waals surface area (Å²) in [6.45, 7) is 10.9. The number of hydrogen-bond acceptors (Lipinski definition) is 8. The Morgan fingerprint density at radius 3 is 2.60 bits per heavy atom. The van der Waals surface area contributed by atoms with Crippen LogP contribution in [0.15, 0.2) is 73.8 Å². The average molecular weight is 724 g/mol. The lowest BCUT2D eigenvalue weighted by atomic mass is 9.70. The normalized spacial score (nSPS) is 26.0. The van der Waals surface area contributed by atoms with Gasteiger partial charge in [-0.05, 0) is 56.2 Å². The zero-order valence-corrected chi connectivity index (χ0v) is 28.7. The van der Waals surface area contributed by atoms with E-state index in [1.807, 2.05) is 55.5 Å². The maximum atomic E-state index is 14.8. The van der Waals surface area contributed by atoms with Gasteiger partial charge in [0.05, 0.1) is 28.7 Å². The van der Waals surface area contributed by atoms with E-state index in [-0.39, 0.29) is 60.7 Å². The number of amides is 3. The Balaban J connectivity index is 1.36. The highest BCUT2D eigenvalue weighted by Crippen LogP contribution is 2.68. The van der Waals surface area contributed by atoms with Crippen molar-refractivity contribution in [3.63, 3.8) is 0 Å². The van der Waals surface area contributed by atoms with Crippen LogP contribution in [0.3, 0.4) is 0 Å². The Bertz CT molecular complexity index is 1670. The molecule has 13 heteroatoms. The molecule has 3 amide bonds. The van der Waals surface area contributed by atoms with Crippen LogP contribution in [0.1, 0.15) is 19.8 Å². The smallest absolute Gasteiger partial charge is 0.248 e. The van der Waals surface area contributed by atoms with Crippen molar-refractivity contribution in [3.05, 3.63) is 73.8 Å². The molecule has 4 heterocycles. The number of aliphatic hydroxyl groups is 1. The second-order valence-corrected chi connectivity index (χ2v) is 14.7. The molecule has 0 radical (unpaired) electrons. The van der Waals surface area contributed by atoms with Crippen LogP contribution in [0.4, 0.5) is 5.69 Å². The second kappa shape index (κ2) is 13.8. The summed E-state index contributed by atoms with van der Waals surface area (Å²) < 4.78 is 6.43. The van der Waals surface area contributed by atoms with E-state index in [2.05, 4.69) is 39.4 Å². The number of benzene rings is 2. The number of nitrogens with zero attached hydrogens (tertiary/aromatic N) is 6. The van der Waals surface area contributed by atoms with Crippen LogP contribution in [0, 0.1) is 11.8 Å². The van der Waals surface area contributed by atoms with Gasteiger partial charge in [0.25, 0.3) is 0 Å². The molecular formula is C34H39BrN6O5S. The van der Waals surface area contributed by atoms with E-state index in [9.17, 15) is 19.5 Å². The molecule has 3 unspecified atom stereocenters. The number of para-hydroxylation sites is 1. The Kier molecular flexibility index (Phi) is 9.77. The number of hydrogen-bond donors (Lipinski definition) is 1. The van der Waals surface area contributed by atoms with Gasteiger partial charge in [-0.25, -0.2) is 4.68 Å². The molecule has 2 aromatic carbocycles. The van der Waals surface area contributed by atoms with Gasteiger partial charge >= 0.3 is 0 Å². The topological polar surface area (TPSA) is 121 Å². The fraction of sp³-hybridized carbons (Fsp3) is 0.441. The van der Waals surface area contributed by atoms with E-state index in [1.165, 1.54) is 0 Å². The molecule has 1 N–H and O–H groups in total. The van der Waals surface area contributed by atoms with Gasteiger partial charge in [-0.3, -0.25) is 14.4 Å². The first kappa shape index (κ1) is 33.2. The van der Waals surface area contributed by atoms with Gasteiger partial charge < -0.3 is 24.5 Å². The lowest BCUT2D eigenvalue weighted by molar-refractivity contribution is -0.143. The molecule has 3 aliphatic heterocycles. The monoisotopic (exact) mass is 722 g/mol. The first-order chi connectivity index (χ1) is 22.8. The zero-order chi connectivity index (χ0) is 33.3. The van der Waals surface area contributed by atoms with Crippen molar-refractivity contribution < 1.29 is 24.2 Å². The first-order valence-corrected chi connectivity index (χ1v) is 17.6. The highest BCUT2D eigenvalue weighted by Gasteiger charge is 2.76. The average Bonchev–Trinajstić information content (AvgIpc) is 3.79. The number of alkyl halides is 1. The molecule has 2 bridgehead atoms. The minimum absolute atomic E-state index is 0.0865. The van der Waals surface area contributed by atoms with Crippen molar-refractivity contribution in [2.45, 2.75) is 47.3 Å². The summed E-state index contributed by atoms with van der Waals surface area (Å²) in [4.78, 5) is 48.7. The number of aromatic nitrogens is 3. The van der Waals surface area contributed by atoms with Gasteiger partial charge in [0.15, 0.2) is 0 Å². The quantitative estimate of drug-likeness (QED) is 0.197. The van der Waals surface area contributed by atoms with Crippen molar-refractivity contribution >= 4 is 62.1 Å². The van der Waals surface area contributed by atoms with Crippen LogP contribution in [0.25, 0.3) is 11.0 Å². The summed E-state index contributed by atoms with van der Waals surface area (Å²) in [6, 6.07) is 14.0. The summed E-state index contributed by atoms with van der Waals surface area (Å²) >= 11 is 5.44. The third-order valence-electron chi connectivity index (χ3n) is 9.29. The van der Waals surface area contributed by atoms with E-state index in [1.54, 1.807) is 43.3 Å². The van der Waals surface area contributed by atoms with Crippen molar-refractivity contribution in [2.24, 2.45) is 11.8 Å². The molecule has 47 heavy (non-hydrogen) atoms. The first-order valence-electron chi connectivity index (χ1n) is 15.9. The Morgan fingerprint density at radius 1 is 1.15 bits per heavy atom. The van der Waals surface area contributed by atoms with Gasteiger partial charge in [0.1, 0.15) is 24.0 Å². The van der Waals surface area contributed by atoms with Crippen molar-refractivity contribution in [2.75, 3.05) is 37.7 Å². The Labute approximate surface area is 286 Å². The van der Waals surface area contributed by atoms with E-state index in [0.29, 0.717) is 36.4 Å². The van der Waals surface area contributed by atoms with E-state index >= 15 is 0 Å². The lowest BCUT2D eigenvalue weighted by Crippen LogP contribution is -2.56. The summed E-state index contributed by atoms with van der Waals surface area (Å²) in [6.07, 6.45) is 4.19. The molecule has 3 aromatic rings. The predicted octanol–water partition coefficient (Wildman–Crippen LogP) is 3.87. The van der Waals surface area contributed by atoms with E-state index in [0.717, 1.165) is 5.52 Å². The van der Waals surface area contributed by atoms with Crippen LogP contribution in [-0.4, -0.2) is 101 Å². The fourth-order valence-electron chi connectivity index (χ4n) is 7.42. The summed E-state index contributed by atoms with van der Waals surface area (Å²) in [5.74, 6) is -1.32. The minimum atomic E-state index is -0.842. The summed E-state index contributed by atoms with van der Waals surface area (Å²) in [7, 11) is 0. The van der Waals surface area contributed by atoms with Crippen LogP contribution in [-0.2, 0) is 21.1 Å². The summed E-state index contributed by atoms with van der Waals surface area (Å²) in [5, 5.41) is 18.1. The molecule has 3 fully saturated rings. The van der Waals surface area contributed by atoms with Crippen LogP contribution < -0.4 is 9.64 Å². The highest BCUT2D eigenvalue weighted by molar-refractivity contribution is 9.09. The van der Waals surface area contributed by atoms with Crippen LogP contribution in [0.5, 0.6) is 5.75 Å². The molecule has 0 saturated carbocycles. The van der Waals surface area contributed by atoms with Gasteiger partial charge in [-0.1, -0.05) is 45.4 Å². The maximum Gasteiger partial charge on any atom is 0.248 e. The van der Waals surface area contributed by atoms with E-state index in [4.69, 9.17) is 4.74 Å². The molecule has 248 valence electrons. The maximum absolute atomic E-state index is 14.8. The number of carbonyl (C=O) groups is 3. The third-order valence-corrected chi connectivity index (χ3v) is 12.5. The minimum Gasteiger partial charge on any atom is -0.494 e. The molecule has 1 aromatic heterocycles. The SMILES string of the molecule is C=CCN(Cn1nnc2ccccc21)C(=O)C1N(CCCO)C(=O)[C@@H]2[C@H](C(=O)N(CC=C)c3ccc(OCC)cc3)[C@H]3SC12CC3Br. The van der Waals surface area contributed by atoms with Crippen molar-refractivity contribution in [3.8, 4) is 5.75 Å². The van der Waals surface area contributed by atoms with Gasteiger partial charge in [-0.2, -0.15) is 0 Å².